The van der Waals surface area contributed by atoms with E-state index in [9.17, 15) is 14.3 Å². The summed E-state index contributed by atoms with van der Waals surface area (Å²) in [7, 11) is 0. The van der Waals surface area contributed by atoms with Gasteiger partial charge >= 0.3 is 0 Å². The second-order valence-corrected chi connectivity index (χ2v) is 8.80. The molecule has 0 spiro atoms. The minimum Gasteiger partial charge on any atom is -0.511 e. The maximum Gasteiger partial charge on any atom is 0.170 e. The maximum absolute atomic E-state index is 14.5. The first kappa shape index (κ1) is 17.9. The van der Waals surface area contributed by atoms with Gasteiger partial charge in [0.05, 0.1) is 5.57 Å². The molecule has 0 aliphatic heterocycles. The molecule has 1 N–H and O–H groups in total. The van der Waals surface area contributed by atoms with Crippen molar-refractivity contribution in [1.29, 1.82) is 0 Å². The minimum atomic E-state index is -0.395. The molecule has 3 aliphatic carbocycles. The van der Waals surface area contributed by atoms with E-state index in [4.69, 9.17) is 11.6 Å². The lowest BCUT2D eigenvalue weighted by molar-refractivity contribution is -0.118. The monoisotopic (exact) mass is 396 g/mol. The van der Waals surface area contributed by atoms with Gasteiger partial charge in [0.25, 0.3) is 0 Å². The van der Waals surface area contributed by atoms with Gasteiger partial charge in [0.2, 0.25) is 0 Å². The number of halogens is 2. The molecule has 4 unspecified atom stereocenters. The number of aryl methyl sites for hydroxylation is 1. The van der Waals surface area contributed by atoms with Crippen molar-refractivity contribution in [1.82, 2.24) is 0 Å². The van der Waals surface area contributed by atoms with Gasteiger partial charge in [0, 0.05) is 22.4 Å². The number of carbonyl (C=O) groups is 1. The molecule has 0 aromatic heterocycles. The zero-order valence-corrected chi connectivity index (χ0v) is 16.5. The topological polar surface area (TPSA) is 37.3 Å². The molecule has 0 saturated heterocycles. The first-order valence-corrected chi connectivity index (χ1v) is 10.4. The zero-order chi connectivity index (χ0) is 19.6. The van der Waals surface area contributed by atoms with E-state index in [1.165, 1.54) is 6.07 Å². The Balaban J connectivity index is 1.64. The summed E-state index contributed by atoms with van der Waals surface area (Å²) in [5, 5.41) is 11.4. The average Bonchev–Trinajstić information content (AvgIpc) is 3.35. The summed E-state index contributed by atoms with van der Waals surface area (Å²) in [4.78, 5) is 13.3. The molecule has 2 aromatic rings. The summed E-state index contributed by atoms with van der Waals surface area (Å²) in [5.41, 5.74) is 3.36. The van der Waals surface area contributed by atoms with Gasteiger partial charge in [-0.15, -0.1) is 0 Å². The molecule has 2 bridgehead atoms. The van der Waals surface area contributed by atoms with Crippen LogP contribution in [0.1, 0.15) is 37.3 Å². The Labute approximate surface area is 169 Å². The third kappa shape index (κ3) is 2.49. The van der Waals surface area contributed by atoms with Crippen molar-refractivity contribution in [2.75, 3.05) is 0 Å². The lowest BCUT2D eigenvalue weighted by atomic mass is 9.80. The van der Waals surface area contributed by atoms with E-state index in [1.807, 2.05) is 25.1 Å². The number of hydrogen-bond acceptors (Lipinski definition) is 2. The Kier molecular flexibility index (Phi) is 4.13. The quantitative estimate of drug-likeness (QED) is 0.668. The molecule has 0 radical (unpaired) electrons. The molecule has 3 aliphatic rings. The highest BCUT2D eigenvalue weighted by Crippen LogP contribution is 2.60. The summed E-state index contributed by atoms with van der Waals surface area (Å²) < 4.78 is 14.5. The SMILES string of the molecule is CCc1ccc(-c2ccc(Cl)cc2F)cc1C1=C(O)C2C3CCC(C3)C2C1=O. The fraction of sp³-hybridized carbons (Fsp3) is 0.375. The van der Waals surface area contributed by atoms with E-state index in [2.05, 4.69) is 0 Å². The number of allylic oxidation sites excluding steroid dienone is 2. The van der Waals surface area contributed by atoms with Crippen LogP contribution in [-0.4, -0.2) is 10.9 Å². The molecule has 144 valence electrons. The van der Waals surface area contributed by atoms with E-state index < -0.39 is 5.82 Å². The standard InChI is InChI=1S/C24H22ClFO2/c1-2-12-3-4-13(17-8-7-16(25)11-19(17)26)10-18(12)22-23(27)20-14-5-6-15(9-14)21(20)24(22)28/h3-4,7-8,10-11,14-15,20-21,27H,2,5-6,9H2,1H3. The molecule has 0 amide bonds. The number of ketones is 1. The number of fused-ring (bicyclic) bond motifs is 5. The van der Waals surface area contributed by atoms with E-state index in [-0.39, 0.29) is 23.4 Å². The van der Waals surface area contributed by atoms with Crippen LogP contribution in [0.15, 0.2) is 42.2 Å². The van der Waals surface area contributed by atoms with Crippen LogP contribution in [0, 0.1) is 29.5 Å². The van der Waals surface area contributed by atoms with Gasteiger partial charge in [-0.3, -0.25) is 4.79 Å². The second kappa shape index (κ2) is 6.45. The molecule has 5 rings (SSSR count). The van der Waals surface area contributed by atoms with Crippen LogP contribution in [-0.2, 0) is 11.2 Å². The lowest BCUT2D eigenvalue weighted by Crippen LogP contribution is -2.24. The number of aliphatic hydroxyl groups excluding tert-OH is 1. The molecule has 2 saturated carbocycles. The van der Waals surface area contributed by atoms with Crippen molar-refractivity contribution in [3.05, 3.63) is 64.1 Å². The maximum atomic E-state index is 14.5. The van der Waals surface area contributed by atoms with Gasteiger partial charge in [-0.1, -0.05) is 30.7 Å². The van der Waals surface area contributed by atoms with E-state index in [0.717, 1.165) is 36.8 Å². The largest absolute Gasteiger partial charge is 0.511 e. The molecule has 4 heteroatoms. The van der Waals surface area contributed by atoms with Crippen LogP contribution in [0.4, 0.5) is 4.39 Å². The lowest BCUT2D eigenvalue weighted by Gasteiger charge is -2.23. The Morgan fingerprint density at radius 3 is 2.50 bits per heavy atom. The van der Waals surface area contributed by atoms with E-state index in [0.29, 0.717) is 33.6 Å². The molecule has 28 heavy (non-hydrogen) atoms. The van der Waals surface area contributed by atoms with Crippen molar-refractivity contribution in [2.24, 2.45) is 23.7 Å². The van der Waals surface area contributed by atoms with Gasteiger partial charge in [0.15, 0.2) is 5.78 Å². The Hall–Kier alpha value is -2.13. The zero-order valence-electron chi connectivity index (χ0n) is 15.7. The molecular formula is C24H22ClFO2. The Morgan fingerprint density at radius 1 is 1.07 bits per heavy atom. The highest BCUT2D eigenvalue weighted by Gasteiger charge is 2.57. The second-order valence-electron chi connectivity index (χ2n) is 8.36. The summed E-state index contributed by atoms with van der Waals surface area (Å²) in [5.74, 6) is 0.719. The van der Waals surface area contributed by atoms with Gasteiger partial charge in [-0.05, 0) is 78.5 Å². The van der Waals surface area contributed by atoms with Crippen molar-refractivity contribution >= 4 is 23.0 Å². The van der Waals surface area contributed by atoms with Crippen molar-refractivity contribution in [2.45, 2.75) is 32.6 Å². The Bertz CT molecular complexity index is 1030. The molecular weight excluding hydrogens is 375 g/mol. The summed E-state index contributed by atoms with van der Waals surface area (Å²) in [6.45, 7) is 2.03. The summed E-state index contributed by atoms with van der Waals surface area (Å²) >= 11 is 5.89. The molecule has 2 fully saturated rings. The first-order chi connectivity index (χ1) is 13.5. The predicted molar refractivity (Wildman–Crippen MR) is 109 cm³/mol. The number of rotatable bonds is 3. The van der Waals surface area contributed by atoms with Crippen molar-refractivity contribution in [3.8, 4) is 11.1 Å². The van der Waals surface area contributed by atoms with E-state index in [1.54, 1.807) is 12.1 Å². The minimum absolute atomic E-state index is 0.0121. The number of carbonyl (C=O) groups excluding carboxylic acids is 1. The highest BCUT2D eigenvalue weighted by molar-refractivity contribution is 6.30. The Morgan fingerprint density at radius 2 is 1.82 bits per heavy atom. The van der Waals surface area contributed by atoms with Crippen LogP contribution < -0.4 is 0 Å². The van der Waals surface area contributed by atoms with Crippen molar-refractivity contribution < 1.29 is 14.3 Å². The van der Waals surface area contributed by atoms with Crippen LogP contribution in [0.5, 0.6) is 0 Å². The third-order valence-corrected chi connectivity index (χ3v) is 7.27. The smallest absolute Gasteiger partial charge is 0.170 e. The molecule has 2 nitrogen and oxygen atoms in total. The average molecular weight is 397 g/mol. The van der Waals surface area contributed by atoms with Crippen LogP contribution in [0.2, 0.25) is 5.02 Å². The normalized spacial score (nSPS) is 28.3. The molecule has 2 aromatic carbocycles. The van der Waals surface area contributed by atoms with Gasteiger partial charge < -0.3 is 5.11 Å². The fourth-order valence-corrected chi connectivity index (χ4v) is 5.96. The van der Waals surface area contributed by atoms with Gasteiger partial charge in [0.1, 0.15) is 11.6 Å². The third-order valence-electron chi connectivity index (χ3n) is 7.04. The van der Waals surface area contributed by atoms with Crippen molar-refractivity contribution in [3.63, 3.8) is 0 Å². The predicted octanol–water partition coefficient (Wildman–Crippen LogP) is 6.22. The van der Waals surface area contributed by atoms with Gasteiger partial charge in [-0.2, -0.15) is 0 Å². The van der Waals surface area contributed by atoms with Crippen LogP contribution >= 0.6 is 11.6 Å². The number of aliphatic hydroxyl groups is 1. The summed E-state index contributed by atoms with van der Waals surface area (Å²) in [6.07, 6.45) is 4.00. The fourth-order valence-electron chi connectivity index (χ4n) is 5.80. The molecule has 4 atom stereocenters. The number of Topliss-reactive ketones (excluding diaryl/α,β-unsaturated/α-hetero) is 1. The first-order valence-electron chi connectivity index (χ1n) is 10.1. The highest BCUT2D eigenvalue weighted by atomic mass is 35.5. The molecule has 0 heterocycles. The van der Waals surface area contributed by atoms with Gasteiger partial charge in [-0.25, -0.2) is 4.39 Å². The number of hydrogen-bond donors (Lipinski definition) is 1. The number of benzene rings is 2. The van der Waals surface area contributed by atoms with Crippen LogP contribution in [0.25, 0.3) is 16.7 Å². The van der Waals surface area contributed by atoms with E-state index >= 15 is 0 Å². The van der Waals surface area contributed by atoms with Crippen LogP contribution in [0.3, 0.4) is 0 Å². The summed E-state index contributed by atoms with van der Waals surface area (Å²) in [6, 6.07) is 10.3.